The van der Waals surface area contributed by atoms with Gasteiger partial charge in [0.05, 0.1) is 17.1 Å². The Bertz CT molecular complexity index is 2130. The molecule has 11 unspecified atom stereocenters. The number of aliphatic carboxylic acids is 1. The summed E-state index contributed by atoms with van der Waals surface area (Å²) in [5, 5.41) is 54.8. The van der Waals surface area contributed by atoms with Crippen LogP contribution >= 0.6 is 0 Å². The van der Waals surface area contributed by atoms with E-state index in [1.807, 2.05) is 45.1 Å². The van der Waals surface area contributed by atoms with Crippen LogP contribution in [0.1, 0.15) is 97.5 Å². The molecular weight excluding hydrogens is 771 g/mol. The van der Waals surface area contributed by atoms with Gasteiger partial charge in [0.1, 0.15) is 5.60 Å². The third-order valence-corrected chi connectivity index (χ3v) is 18.5. The highest BCUT2D eigenvalue weighted by Gasteiger charge is 2.70. The van der Waals surface area contributed by atoms with Crippen molar-refractivity contribution in [3.63, 3.8) is 0 Å². The molecule has 0 spiro atoms. The lowest BCUT2D eigenvalue weighted by molar-refractivity contribution is -0.192. The van der Waals surface area contributed by atoms with Gasteiger partial charge in [0, 0.05) is 33.5 Å². The number of amides is 1. The van der Waals surface area contributed by atoms with E-state index in [1.54, 1.807) is 36.4 Å². The molecule has 1 amide bonds. The number of aryl methyl sites for hydroxylation is 1. The van der Waals surface area contributed by atoms with Crippen LogP contribution in [-0.2, 0) is 30.2 Å². The minimum atomic E-state index is -1.78. The minimum absolute atomic E-state index is 0.00202. The molecule has 6 N–H and O–H groups in total. The number of carbonyl (C=O) groups is 4. The van der Waals surface area contributed by atoms with E-state index in [0.717, 1.165) is 42.4 Å². The average Bonchev–Trinajstić information content (AvgIpc) is 3.61. The quantitative estimate of drug-likeness (QED) is 0.234. The summed E-state index contributed by atoms with van der Waals surface area (Å²) >= 11 is 0. The minimum Gasteiger partial charge on any atom is -0.479 e. The molecule has 0 aliphatic heterocycles. The first-order valence-electron chi connectivity index (χ1n) is 21.4. The summed E-state index contributed by atoms with van der Waals surface area (Å²) in [5.41, 5.74) is -2.70. The highest BCUT2D eigenvalue weighted by molar-refractivity contribution is 7.83. The number of aliphatic hydroxyl groups is 4. The summed E-state index contributed by atoms with van der Waals surface area (Å²) in [6, 6.07) is 7.08. The van der Waals surface area contributed by atoms with E-state index in [-0.39, 0.29) is 78.2 Å². The summed E-state index contributed by atoms with van der Waals surface area (Å²) in [6.45, 7) is 9.87. The topological polar surface area (TPSA) is 199 Å². The lowest BCUT2D eigenvalue weighted by Crippen LogP contribution is -2.63. The van der Waals surface area contributed by atoms with Crippen LogP contribution in [0, 0.1) is 64.1 Å². The number of nitrogens with one attached hydrogen (secondary N) is 1. The molecule has 9 rings (SSSR count). The van der Waals surface area contributed by atoms with Crippen molar-refractivity contribution in [1.29, 1.82) is 0 Å². The summed E-state index contributed by atoms with van der Waals surface area (Å²) in [7, 11) is -1.78. The van der Waals surface area contributed by atoms with Gasteiger partial charge in [0.2, 0.25) is 0 Å². The largest absolute Gasteiger partial charge is 0.479 e. The van der Waals surface area contributed by atoms with Gasteiger partial charge >= 0.3 is 5.97 Å². The molecule has 11 nitrogen and oxygen atoms in total. The van der Waals surface area contributed by atoms with Gasteiger partial charge in [-0.05, 0) is 131 Å². The number of fused-ring (bicyclic) bond motifs is 10. The van der Waals surface area contributed by atoms with E-state index in [0.29, 0.717) is 17.7 Å². The van der Waals surface area contributed by atoms with Gasteiger partial charge < -0.3 is 25.5 Å². The van der Waals surface area contributed by atoms with Crippen LogP contribution in [0.4, 0.5) is 0 Å². The molecule has 59 heavy (non-hydrogen) atoms. The maximum atomic E-state index is 13.4. The van der Waals surface area contributed by atoms with Crippen LogP contribution < -0.4 is 4.72 Å². The summed E-state index contributed by atoms with van der Waals surface area (Å²) in [4.78, 5) is 49.4. The maximum absolute atomic E-state index is 13.4. The van der Waals surface area contributed by atoms with Gasteiger partial charge in [-0.25, -0.2) is 9.00 Å². The second-order valence-electron chi connectivity index (χ2n) is 20.0. The second kappa shape index (κ2) is 14.3. The third-order valence-electron chi connectivity index (χ3n) is 17.4. The molecule has 1 aromatic rings. The van der Waals surface area contributed by atoms with Crippen LogP contribution in [0.2, 0.25) is 0 Å². The predicted molar refractivity (Wildman–Crippen MR) is 219 cm³/mol. The number of aliphatic hydroxyl groups excluding tert-OH is 2. The monoisotopic (exact) mass is 829 g/mol. The van der Waals surface area contributed by atoms with Crippen molar-refractivity contribution >= 4 is 34.4 Å². The van der Waals surface area contributed by atoms with E-state index in [4.69, 9.17) is 0 Å². The molecular formula is C47H59NO10S. The van der Waals surface area contributed by atoms with E-state index < -0.39 is 62.5 Å². The predicted octanol–water partition coefficient (Wildman–Crippen LogP) is 5.22. The van der Waals surface area contributed by atoms with Crippen molar-refractivity contribution in [2.75, 3.05) is 0 Å². The van der Waals surface area contributed by atoms with Crippen molar-refractivity contribution in [3.05, 3.63) is 77.4 Å². The summed E-state index contributed by atoms with van der Waals surface area (Å²) in [5.74, 6) is -1.51. The molecule has 0 saturated heterocycles. The first-order valence-corrected chi connectivity index (χ1v) is 22.5. The maximum Gasteiger partial charge on any atom is 0.336 e. The standard InChI is InChI=1S/C27H33NO5S.C20H26O5/c1-16-4-7-19(8-5-16)34(33)28-24(31)27(32)13-11-21-20-9-6-17-14-18(29)10-12-25(17,2)23(20)22(30)15-26(21,27)3;1-18-7-5-12(21)9-11(18)3-4-13-14-6-8-20(25,17(23)24)19(14,2)10-15(22)16(13)18/h4-5,7-8,10,12,14,20-23,30,32H,6,9,11,13,15H2,1-3H3,(H,28,31);5,7,9,13-16,22,25H,3-4,6,8,10H2,1-2H3,(H,23,24)/t20?,21?,22-,23?,25?,26?,27-,34?;13?,14?,15-,16?,18?,19?,20-/m00/s1. The van der Waals surface area contributed by atoms with Crippen LogP contribution in [0.15, 0.2) is 76.8 Å². The number of carboxylic acid groups (broad SMARTS) is 1. The molecule has 0 aromatic heterocycles. The second-order valence-corrected chi connectivity index (χ2v) is 21.3. The smallest absolute Gasteiger partial charge is 0.336 e. The highest BCUT2D eigenvalue weighted by atomic mass is 32.2. The van der Waals surface area contributed by atoms with Gasteiger partial charge in [-0.15, -0.1) is 0 Å². The first-order chi connectivity index (χ1) is 27.6. The number of benzene rings is 1. The SMILES string of the molecule is CC12C=CC(=O)C=C1CCC1C2[C@@H](O)CC2(C)C1CC[C@]2(O)C(=O)O.Cc1ccc(S(=O)NC(=O)[C@@]2(O)CCC3C4CCC5=CC(=O)C=CC5(C)C4[C@@H](O)CC32C)cc1. The van der Waals surface area contributed by atoms with Crippen LogP contribution in [-0.4, -0.2) is 76.6 Å². The third kappa shape index (κ3) is 6.12. The number of ketones is 2. The van der Waals surface area contributed by atoms with E-state index in [9.17, 15) is 48.9 Å². The molecule has 318 valence electrons. The number of hydrogen-bond donors (Lipinski definition) is 6. The number of allylic oxidation sites excluding steroid dienone is 8. The Kier molecular flexibility index (Phi) is 10.2. The zero-order valence-corrected chi connectivity index (χ0v) is 35.5. The Morgan fingerprint density at radius 2 is 1.15 bits per heavy atom. The number of carbonyl (C=O) groups excluding carboxylic acids is 3. The lowest BCUT2D eigenvalue weighted by Gasteiger charge is -2.59. The van der Waals surface area contributed by atoms with Crippen LogP contribution in [0.25, 0.3) is 0 Å². The fraction of sp³-hybridized carbons (Fsp3) is 0.617. The molecule has 6 fully saturated rings. The summed E-state index contributed by atoms with van der Waals surface area (Å²) < 4.78 is 15.4. The molecule has 8 aliphatic rings. The van der Waals surface area contributed by atoms with Crippen LogP contribution in [0.5, 0.6) is 0 Å². The lowest BCUT2D eigenvalue weighted by atomic mass is 9.46. The molecule has 15 atom stereocenters. The van der Waals surface area contributed by atoms with Crippen LogP contribution in [0.3, 0.4) is 0 Å². The van der Waals surface area contributed by atoms with Crippen molar-refractivity contribution < 1.29 is 48.9 Å². The first kappa shape index (κ1) is 42.2. The fourth-order valence-corrected chi connectivity index (χ4v) is 15.1. The van der Waals surface area contributed by atoms with Gasteiger partial charge in [-0.1, -0.05) is 68.7 Å². The van der Waals surface area contributed by atoms with E-state index in [2.05, 4.69) is 18.6 Å². The van der Waals surface area contributed by atoms with Crippen molar-refractivity contribution in [2.45, 2.75) is 127 Å². The Morgan fingerprint density at radius 1 is 0.712 bits per heavy atom. The molecule has 1 aromatic carbocycles. The number of carboxylic acids is 1. The molecule has 8 aliphatic carbocycles. The molecule has 0 radical (unpaired) electrons. The van der Waals surface area contributed by atoms with Crippen molar-refractivity contribution in [2.24, 2.45) is 57.2 Å². The average molecular weight is 830 g/mol. The molecule has 6 saturated carbocycles. The summed E-state index contributed by atoms with van der Waals surface area (Å²) in [6.07, 6.45) is 14.7. The molecule has 12 heteroatoms. The van der Waals surface area contributed by atoms with E-state index >= 15 is 0 Å². The van der Waals surface area contributed by atoms with Gasteiger partial charge in [0.25, 0.3) is 5.91 Å². The fourth-order valence-electron chi connectivity index (χ4n) is 14.3. The highest BCUT2D eigenvalue weighted by Crippen LogP contribution is 2.68. The van der Waals surface area contributed by atoms with Crippen molar-refractivity contribution in [3.8, 4) is 0 Å². The van der Waals surface area contributed by atoms with Crippen molar-refractivity contribution in [1.82, 2.24) is 4.72 Å². The molecule has 0 bridgehead atoms. The number of hydrogen-bond acceptors (Lipinski definition) is 9. The van der Waals surface area contributed by atoms with Gasteiger partial charge in [-0.2, -0.15) is 0 Å². The Balaban J connectivity index is 0.000000172. The Hall–Kier alpha value is -3.55. The Morgan fingerprint density at radius 3 is 1.61 bits per heavy atom. The normalized spacial score (nSPS) is 45.8. The Labute approximate surface area is 348 Å². The zero-order valence-electron chi connectivity index (χ0n) is 34.6. The zero-order chi connectivity index (χ0) is 42.7. The van der Waals surface area contributed by atoms with Gasteiger partial charge in [0.15, 0.2) is 28.2 Å². The van der Waals surface area contributed by atoms with Gasteiger partial charge in [-0.3, -0.25) is 19.1 Å². The van der Waals surface area contributed by atoms with E-state index in [1.165, 1.54) is 0 Å². The molecule has 0 heterocycles. The number of rotatable bonds is 4.